The predicted octanol–water partition coefficient (Wildman–Crippen LogP) is 3.44. The molecule has 0 spiro atoms. The second-order valence-electron chi connectivity index (χ2n) is 7.57. The van der Waals surface area contributed by atoms with Crippen LogP contribution in [0.1, 0.15) is 5.56 Å². The molecule has 0 atom stereocenters. The van der Waals surface area contributed by atoms with E-state index in [9.17, 15) is 9.59 Å². The molecule has 1 aromatic heterocycles. The Morgan fingerprint density at radius 1 is 0.909 bits per heavy atom. The molecule has 1 N–H and O–H groups in total. The average Bonchev–Trinajstić information content (AvgIpc) is 2.85. The minimum atomic E-state index is -0.324. The van der Waals surface area contributed by atoms with Crippen molar-refractivity contribution in [3.8, 4) is 22.8 Å². The molecule has 0 radical (unpaired) electrons. The molecule has 3 aromatic carbocycles. The van der Waals surface area contributed by atoms with E-state index in [1.807, 2.05) is 60.7 Å². The summed E-state index contributed by atoms with van der Waals surface area (Å²) in [6.45, 7) is 0.277. The molecule has 1 amide bonds. The van der Waals surface area contributed by atoms with Crippen LogP contribution in [0.3, 0.4) is 0 Å². The molecule has 0 saturated heterocycles. The van der Waals surface area contributed by atoms with Crippen LogP contribution < -0.4 is 20.3 Å². The monoisotopic (exact) mass is 443 g/mol. The number of rotatable bonds is 8. The van der Waals surface area contributed by atoms with Crippen LogP contribution in [0.2, 0.25) is 0 Å². The first-order chi connectivity index (χ1) is 16.1. The van der Waals surface area contributed by atoms with Gasteiger partial charge in [0.05, 0.1) is 19.9 Å². The first kappa shape index (κ1) is 22.1. The van der Waals surface area contributed by atoms with Crippen molar-refractivity contribution >= 4 is 16.7 Å². The van der Waals surface area contributed by atoms with E-state index >= 15 is 0 Å². The molecule has 4 rings (SSSR count). The Hall–Kier alpha value is -4.13. The van der Waals surface area contributed by atoms with E-state index in [1.54, 1.807) is 20.3 Å². The molecule has 4 aromatic rings. The molecule has 0 bridgehead atoms. The lowest BCUT2D eigenvalue weighted by atomic mass is 10.1. The van der Waals surface area contributed by atoms with Crippen molar-refractivity contribution in [2.75, 3.05) is 20.8 Å². The summed E-state index contributed by atoms with van der Waals surface area (Å²) >= 11 is 0. The number of aromatic nitrogens is 2. The van der Waals surface area contributed by atoms with Gasteiger partial charge in [-0.1, -0.05) is 42.5 Å². The van der Waals surface area contributed by atoms with Crippen LogP contribution in [0, 0.1) is 0 Å². The van der Waals surface area contributed by atoms with Gasteiger partial charge in [-0.25, -0.2) is 4.68 Å². The Labute approximate surface area is 191 Å². The number of fused-ring (bicyclic) bond motifs is 1. The van der Waals surface area contributed by atoms with Gasteiger partial charge in [0.15, 0.2) is 11.5 Å². The number of carbonyl (C=O) groups is 1. The van der Waals surface area contributed by atoms with Crippen molar-refractivity contribution in [3.63, 3.8) is 0 Å². The molecule has 1 heterocycles. The fourth-order valence-electron chi connectivity index (χ4n) is 3.64. The SMILES string of the molecule is COc1ccc(CCNC(=O)Cn2nc(-c3ccc4ccccc4c3)ccc2=O)cc1OC. The molecular weight excluding hydrogens is 418 g/mol. The second kappa shape index (κ2) is 9.99. The van der Waals surface area contributed by atoms with Crippen molar-refractivity contribution in [1.29, 1.82) is 0 Å². The van der Waals surface area contributed by atoms with Gasteiger partial charge in [-0.15, -0.1) is 0 Å². The Balaban J connectivity index is 1.41. The highest BCUT2D eigenvalue weighted by atomic mass is 16.5. The summed E-state index contributed by atoms with van der Waals surface area (Å²) in [4.78, 5) is 24.7. The minimum absolute atomic E-state index is 0.147. The van der Waals surface area contributed by atoms with Gasteiger partial charge in [-0.05, 0) is 47.0 Å². The lowest BCUT2D eigenvalue weighted by Gasteiger charge is -2.11. The predicted molar refractivity (Wildman–Crippen MR) is 128 cm³/mol. The molecular formula is C26H25N3O4. The van der Waals surface area contributed by atoms with Crippen LogP contribution in [-0.4, -0.2) is 36.5 Å². The van der Waals surface area contributed by atoms with Gasteiger partial charge in [0.1, 0.15) is 6.54 Å². The third-order valence-electron chi connectivity index (χ3n) is 5.39. The summed E-state index contributed by atoms with van der Waals surface area (Å²) in [6, 6.07) is 22.8. The molecule has 0 saturated carbocycles. The fourth-order valence-corrected chi connectivity index (χ4v) is 3.64. The highest BCUT2D eigenvalue weighted by molar-refractivity contribution is 5.86. The topological polar surface area (TPSA) is 82.5 Å². The molecule has 168 valence electrons. The first-order valence-corrected chi connectivity index (χ1v) is 10.6. The fraction of sp³-hybridized carbons (Fsp3) is 0.192. The number of nitrogens with zero attached hydrogens (tertiary/aromatic N) is 2. The third kappa shape index (κ3) is 5.20. The van der Waals surface area contributed by atoms with E-state index in [2.05, 4.69) is 10.4 Å². The van der Waals surface area contributed by atoms with Crippen LogP contribution in [0.15, 0.2) is 77.6 Å². The van der Waals surface area contributed by atoms with Crippen LogP contribution in [0.5, 0.6) is 11.5 Å². The largest absolute Gasteiger partial charge is 0.493 e. The molecule has 0 aliphatic heterocycles. The van der Waals surface area contributed by atoms with Crippen LogP contribution in [0.25, 0.3) is 22.0 Å². The molecule has 0 aliphatic carbocycles. The summed E-state index contributed by atoms with van der Waals surface area (Å²) in [7, 11) is 3.17. The van der Waals surface area contributed by atoms with E-state index in [1.165, 1.54) is 10.7 Å². The van der Waals surface area contributed by atoms with E-state index in [0.29, 0.717) is 30.2 Å². The Morgan fingerprint density at radius 2 is 1.70 bits per heavy atom. The van der Waals surface area contributed by atoms with E-state index in [-0.39, 0.29) is 18.0 Å². The summed E-state index contributed by atoms with van der Waals surface area (Å²) in [5, 5.41) is 9.47. The molecule has 33 heavy (non-hydrogen) atoms. The zero-order chi connectivity index (χ0) is 23.2. The van der Waals surface area contributed by atoms with Crippen molar-refractivity contribution in [1.82, 2.24) is 15.1 Å². The molecule has 0 unspecified atom stereocenters. The van der Waals surface area contributed by atoms with Gasteiger partial charge in [-0.2, -0.15) is 5.10 Å². The van der Waals surface area contributed by atoms with E-state index in [4.69, 9.17) is 9.47 Å². The number of hydrogen-bond acceptors (Lipinski definition) is 5. The van der Waals surface area contributed by atoms with Crippen molar-refractivity contribution < 1.29 is 14.3 Å². The number of ether oxygens (including phenoxy) is 2. The average molecular weight is 444 g/mol. The summed E-state index contributed by atoms with van der Waals surface area (Å²) < 4.78 is 11.7. The first-order valence-electron chi connectivity index (χ1n) is 10.6. The minimum Gasteiger partial charge on any atom is -0.493 e. The highest BCUT2D eigenvalue weighted by Gasteiger charge is 2.09. The number of nitrogens with one attached hydrogen (secondary N) is 1. The molecule has 0 fully saturated rings. The summed E-state index contributed by atoms with van der Waals surface area (Å²) in [5.74, 6) is 1.02. The smallest absolute Gasteiger partial charge is 0.267 e. The normalized spacial score (nSPS) is 10.7. The van der Waals surface area contributed by atoms with Gasteiger partial charge >= 0.3 is 0 Å². The number of amides is 1. The summed E-state index contributed by atoms with van der Waals surface area (Å²) in [5.41, 5.74) is 2.20. The quantitative estimate of drug-likeness (QED) is 0.451. The number of carbonyl (C=O) groups excluding carboxylic acids is 1. The van der Waals surface area contributed by atoms with Crippen molar-refractivity contribution in [2.45, 2.75) is 13.0 Å². The lowest BCUT2D eigenvalue weighted by molar-refractivity contribution is -0.121. The molecule has 7 nitrogen and oxygen atoms in total. The Kier molecular flexibility index (Phi) is 6.69. The molecule has 7 heteroatoms. The van der Waals surface area contributed by atoms with Gasteiger partial charge in [0, 0.05) is 18.2 Å². The zero-order valence-corrected chi connectivity index (χ0v) is 18.6. The maximum Gasteiger partial charge on any atom is 0.267 e. The van der Waals surface area contributed by atoms with Crippen LogP contribution >= 0.6 is 0 Å². The molecule has 0 aliphatic rings. The third-order valence-corrected chi connectivity index (χ3v) is 5.39. The maximum absolute atomic E-state index is 12.4. The maximum atomic E-state index is 12.4. The van der Waals surface area contributed by atoms with Crippen molar-refractivity contribution in [2.24, 2.45) is 0 Å². The standard InChI is InChI=1S/C26H25N3O4/c1-32-23-11-7-18(15-24(23)33-2)13-14-27-25(30)17-29-26(31)12-10-22(28-29)21-9-8-19-5-3-4-6-20(19)16-21/h3-12,15-16H,13-14,17H2,1-2H3,(H,27,30). The number of hydrogen-bond donors (Lipinski definition) is 1. The van der Waals surface area contributed by atoms with Gasteiger partial charge in [0.25, 0.3) is 5.56 Å². The van der Waals surface area contributed by atoms with Crippen LogP contribution in [-0.2, 0) is 17.8 Å². The van der Waals surface area contributed by atoms with Gasteiger partial charge < -0.3 is 14.8 Å². The van der Waals surface area contributed by atoms with Crippen LogP contribution in [0.4, 0.5) is 0 Å². The lowest BCUT2D eigenvalue weighted by Crippen LogP contribution is -2.34. The summed E-state index contributed by atoms with van der Waals surface area (Å²) in [6.07, 6.45) is 0.617. The van der Waals surface area contributed by atoms with E-state index in [0.717, 1.165) is 21.9 Å². The van der Waals surface area contributed by atoms with E-state index < -0.39 is 0 Å². The van der Waals surface area contributed by atoms with Gasteiger partial charge in [-0.3, -0.25) is 9.59 Å². The van der Waals surface area contributed by atoms with Crippen molar-refractivity contribution in [3.05, 3.63) is 88.7 Å². The highest BCUT2D eigenvalue weighted by Crippen LogP contribution is 2.27. The zero-order valence-electron chi connectivity index (χ0n) is 18.6. The Bertz CT molecular complexity index is 1350. The van der Waals surface area contributed by atoms with Gasteiger partial charge in [0.2, 0.25) is 5.91 Å². The number of methoxy groups -OCH3 is 2. The number of benzene rings is 3. The second-order valence-corrected chi connectivity index (χ2v) is 7.57. The Morgan fingerprint density at radius 3 is 2.48 bits per heavy atom.